The molecule has 3 N–H and O–H groups in total. The molecule has 0 saturated carbocycles. The molecule has 4 rings (SSSR count). The Kier molecular flexibility index (Phi) is 9.56. The molecule has 0 radical (unpaired) electrons. The molecule has 8 nitrogen and oxygen atoms in total. The average Bonchev–Trinajstić information content (AvgIpc) is 3.28. The predicted molar refractivity (Wildman–Crippen MR) is 122 cm³/mol. The Bertz CT molecular complexity index is 711. The number of anilines is 1. The predicted octanol–water partition coefficient (Wildman–Crippen LogP) is 1.32. The molecule has 0 spiro atoms. The van der Waals surface area contributed by atoms with Gasteiger partial charge in [-0.1, -0.05) is 0 Å². The van der Waals surface area contributed by atoms with Crippen LogP contribution in [-0.2, 0) is 13.0 Å². The fraction of sp³-hybridized carbons (Fsp3) is 0.750. The van der Waals surface area contributed by atoms with E-state index in [0.29, 0.717) is 30.6 Å². The molecule has 0 bridgehead atoms. The third-order valence-electron chi connectivity index (χ3n) is 6.33. The minimum Gasteiger partial charge on any atom is -0.392 e. The summed E-state index contributed by atoms with van der Waals surface area (Å²) in [6.45, 7) is 5.73. The van der Waals surface area contributed by atoms with Crippen LogP contribution in [0.25, 0.3) is 0 Å². The molecule has 3 aliphatic rings. The Morgan fingerprint density at radius 2 is 1.90 bits per heavy atom. The maximum atomic E-state index is 13.1. The Morgan fingerprint density at radius 3 is 2.57 bits per heavy atom. The van der Waals surface area contributed by atoms with Crippen LogP contribution in [0.3, 0.4) is 0 Å². The van der Waals surface area contributed by atoms with Gasteiger partial charge >= 0.3 is 0 Å². The average molecular weight is 461 g/mol. The molecule has 1 unspecified atom stereocenters. The van der Waals surface area contributed by atoms with Gasteiger partial charge in [-0.15, -0.1) is 24.8 Å². The smallest absolute Gasteiger partial charge is 0.273 e. The van der Waals surface area contributed by atoms with Crippen molar-refractivity contribution < 1.29 is 9.90 Å². The van der Waals surface area contributed by atoms with E-state index in [1.54, 1.807) is 7.05 Å². The van der Waals surface area contributed by atoms with E-state index in [9.17, 15) is 9.90 Å². The second-order valence-corrected chi connectivity index (χ2v) is 8.21. The number of carbonyl (C=O) groups is 1. The van der Waals surface area contributed by atoms with Crippen LogP contribution in [0.1, 0.15) is 47.4 Å². The van der Waals surface area contributed by atoms with Gasteiger partial charge in [-0.2, -0.15) is 0 Å². The minimum atomic E-state index is -0.320. The lowest BCUT2D eigenvalue weighted by molar-refractivity contribution is 0.0458. The van der Waals surface area contributed by atoms with Crippen LogP contribution in [0.15, 0.2) is 0 Å². The highest BCUT2D eigenvalue weighted by Gasteiger charge is 2.31. The van der Waals surface area contributed by atoms with Crippen molar-refractivity contribution in [3.05, 3.63) is 17.0 Å². The largest absolute Gasteiger partial charge is 0.392 e. The summed E-state index contributed by atoms with van der Waals surface area (Å²) in [6, 6.07) is 0. The van der Waals surface area contributed by atoms with Crippen LogP contribution >= 0.6 is 24.8 Å². The quantitative estimate of drug-likeness (QED) is 0.609. The molecule has 1 aromatic rings. The zero-order chi connectivity index (χ0) is 19.5. The lowest BCUT2D eigenvalue weighted by Gasteiger charge is -2.34. The van der Waals surface area contributed by atoms with Gasteiger partial charge < -0.3 is 20.6 Å². The number of amides is 1. The van der Waals surface area contributed by atoms with Crippen molar-refractivity contribution >= 4 is 36.7 Å². The zero-order valence-electron chi connectivity index (χ0n) is 17.6. The number of β-amino-alcohol motifs (C(OH)–C–C–N with tert-alkyl or cyclic N) is 1. The normalized spacial score (nSPS) is 20.7. The topological polar surface area (TPSA) is 93.6 Å². The Labute approximate surface area is 191 Å². The highest BCUT2D eigenvalue weighted by Crippen LogP contribution is 2.25. The van der Waals surface area contributed by atoms with E-state index in [1.165, 1.54) is 0 Å². The van der Waals surface area contributed by atoms with Crippen LogP contribution in [0, 0.1) is 5.92 Å². The third-order valence-corrected chi connectivity index (χ3v) is 6.33. The van der Waals surface area contributed by atoms with Crippen LogP contribution in [0.5, 0.6) is 0 Å². The minimum absolute atomic E-state index is 0. The molecular formula is C20H34Cl2N6O2. The molecule has 1 amide bonds. The number of hydrogen-bond donors (Lipinski definition) is 3. The maximum absolute atomic E-state index is 13.1. The number of piperidine rings is 1. The molecule has 10 heteroatoms. The first-order chi connectivity index (χ1) is 13.7. The standard InChI is InChI=1S/C20H32N6O2.2ClH/c1-21-20-23-16-6-11-25(13-17(27)14-4-7-22-8-5-14)12-15(16)18(24-20)19(28)26-9-2-3-10-26;;/h14,17,22,27H,2-13H2,1H3,(H,21,23,24);2*1H. The van der Waals surface area contributed by atoms with Crippen molar-refractivity contribution in [2.75, 3.05) is 51.6 Å². The summed E-state index contributed by atoms with van der Waals surface area (Å²) in [5, 5.41) is 17.1. The van der Waals surface area contributed by atoms with Crippen molar-refractivity contribution in [2.45, 2.75) is 44.8 Å². The molecule has 4 heterocycles. The number of aliphatic hydroxyl groups is 1. The van der Waals surface area contributed by atoms with Crippen molar-refractivity contribution in [3.8, 4) is 0 Å². The molecular weight excluding hydrogens is 427 g/mol. The maximum Gasteiger partial charge on any atom is 0.273 e. The molecule has 0 aliphatic carbocycles. The lowest BCUT2D eigenvalue weighted by atomic mass is 9.91. The number of likely N-dealkylation sites (tertiary alicyclic amines) is 1. The van der Waals surface area contributed by atoms with Crippen molar-refractivity contribution in [2.24, 2.45) is 5.92 Å². The monoisotopic (exact) mass is 460 g/mol. The number of carbonyl (C=O) groups excluding carboxylic acids is 1. The van der Waals surface area contributed by atoms with Crippen LogP contribution < -0.4 is 10.6 Å². The molecule has 0 aromatic carbocycles. The first kappa shape index (κ1) is 25.1. The second kappa shape index (κ2) is 11.4. The molecule has 1 atom stereocenters. The van der Waals surface area contributed by atoms with Gasteiger partial charge in [0.15, 0.2) is 0 Å². The summed E-state index contributed by atoms with van der Waals surface area (Å²) in [6.07, 6.45) is 4.64. The van der Waals surface area contributed by atoms with Gasteiger partial charge in [0.1, 0.15) is 5.69 Å². The first-order valence-electron chi connectivity index (χ1n) is 10.6. The summed E-state index contributed by atoms with van der Waals surface area (Å²) >= 11 is 0. The first-order valence-corrected chi connectivity index (χ1v) is 10.6. The molecule has 30 heavy (non-hydrogen) atoms. The third kappa shape index (κ3) is 5.53. The molecule has 2 fully saturated rings. The van der Waals surface area contributed by atoms with E-state index < -0.39 is 0 Å². The molecule has 170 valence electrons. The van der Waals surface area contributed by atoms with Gasteiger partial charge in [0.25, 0.3) is 5.91 Å². The second-order valence-electron chi connectivity index (χ2n) is 8.21. The van der Waals surface area contributed by atoms with Crippen molar-refractivity contribution in [3.63, 3.8) is 0 Å². The summed E-state index contributed by atoms with van der Waals surface area (Å²) in [5.41, 5.74) is 2.45. The zero-order valence-corrected chi connectivity index (χ0v) is 19.2. The summed E-state index contributed by atoms with van der Waals surface area (Å²) in [4.78, 5) is 26.4. The van der Waals surface area contributed by atoms with E-state index >= 15 is 0 Å². The number of rotatable bonds is 5. The summed E-state index contributed by atoms with van der Waals surface area (Å²) < 4.78 is 0. The number of aromatic nitrogens is 2. The Hall–Kier alpha value is -1.19. The number of nitrogens with one attached hydrogen (secondary N) is 2. The van der Waals surface area contributed by atoms with Crippen LogP contribution in [0.2, 0.25) is 0 Å². The van der Waals surface area contributed by atoms with Crippen molar-refractivity contribution in [1.29, 1.82) is 0 Å². The molecule has 1 aromatic heterocycles. The van der Waals surface area contributed by atoms with Crippen LogP contribution in [-0.4, -0.2) is 83.2 Å². The summed E-state index contributed by atoms with van der Waals surface area (Å²) in [7, 11) is 1.79. The number of hydrogen-bond acceptors (Lipinski definition) is 7. The van der Waals surface area contributed by atoms with Gasteiger partial charge in [-0.25, -0.2) is 9.97 Å². The van der Waals surface area contributed by atoms with Gasteiger partial charge in [0, 0.05) is 51.8 Å². The number of aliphatic hydroxyl groups excluding tert-OH is 1. The fourth-order valence-electron chi connectivity index (χ4n) is 4.63. The van der Waals surface area contributed by atoms with E-state index in [2.05, 4.69) is 25.5 Å². The van der Waals surface area contributed by atoms with E-state index in [1.807, 2.05) is 4.90 Å². The number of halogens is 2. The van der Waals surface area contributed by atoms with Gasteiger partial charge in [0.05, 0.1) is 11.8 Å². The molecule has 3 aliphatic heterocycles. The number of nitrogens with zero attached hydrogens (tertiary/aromatic N) is 4. The SMILES string of the molecule is CNc1nc2c(c(C(=O)N3CCCC3)n1)CN(CC(O)C1CCNCC1)CC2.Cl.Cl. The van der Waals surface area contributed by atoms with Gasteiger partial charge in [-0.3, -0.25) is 9.69 Å². The number of fused-ring (bicyclic) bond motifs is 1. The highest BCUT2D eigenvalue weighted by atomic mass is 35.5. The highest BCUT2D eigenvalue weighted by molar-refractivity contribution is 5.94. The van der Waals surface area contributed by atoms with E-state index in [0.717, 1.165) is 76.1 Å². The Balaban J connectivity index is 0.00000160. The van der Waals surface area contributed by atoms with Crippen molar-refractivity contribution in [1.82, 2.24) is 25.1 Å². The fourth-order valence-corrected chi connectivity index (χ4v) is 4.63. The van der Waals surface area contributed by atoms with Gasteiger partial charge in [-0.05, 0) is 44.7 Å². The lowest BCUT2D eigenvalue weighted by Crippen LogP contribution is -2.43. The summed E-state index contributed by atoms with van der Waals surface area (Å²) in [5.74, 6) is 0.897. The van der Waals surface area contributed by atoms with E-state index in [4.69, 9.17) is 0 Å². The van der Waals surface area contributed by atoms with Crippen LogP contribution in [0.4, 0.5) is 5.95 Å². The Morgan fingerprint density at radius 1 is 1.20 bits per heavy atom. The molecule has 2 saturated heterocycles. The van der Waals surface area contributed by atoms with E-state index in [-0.39, 0.29) is 36.8 Å². The van der Waals surface area contributed by atoms with Gasteiger partial charge in [0.2, 0.25) is 5.95 Å².